The number of hydrogen-bond donors (Lipinski definition) is 1. The van der Waals surface area contributed by atoms with Gasteiger partial charge < -0.3 is 10.1 Å². The molecule has 1 amide bonds. The maximum absolute atomic E-state index is 12.7. The van der Waals surface area contributed by atoms with Gasteiger partial charge in [0.25, 0.3) is 5.91 Å². The lowest BCUT2D eigenvalue weighted by atomic mass is 10.3. The highest BCUT2D eigenvalue weighted by atomic mass is 19.1. The molecule has 0 radical (unpaired) electrons. The Morgan fingerprint density at radius 1 is 1.42 bits per heavy atom. The summed E-state index contributed by atoms with van der Waals surface area (Å²) >= 11 is 0. The summed E-state index contributed by atoms with van der Waals surface area (Å²) in [4.78, 5) is 11.7. The first kappa shape index (κ1) is 13.1. The highest BCUT2D eigenvalue weighted by molar-refractivity contribution is 5.91. The van der Waals surface area contributed by atoms with Crippen molar-refractivity contribution in [2.45, 2.75) is 6.92 Å². The minimum atomic E-state index is -0.345. The van der Waals surface area contributed by atoms with Crippen LogP contribution in [0, 0.1) is 12.7 Å². The number of nitrogens with zero attached hydrogens (tertiary/aromatic N) is 2. The number of ether oxygens (including phenoxy) is 1. The highest BCUT2D eigenvalue weighted by Crippen LogP contribution is 2.11. The van der Waals surface area contributed by atoms with Crippen LogP contribution in [0.25, 0.3) is 0 Å². The lowest BCUT2D eigenvalue weighted by Gasteiger charge is -2.07. The number of anilines is 1. The van der Waals surface area contributed by atoms with Crippen LogP contribution in [0.5, 0.6) is 5.75 Å². The fourth-order valence-corrected chi connectivity index (χ4v) is 1.59. The van der Waals surface area contributed by atoms with Crippen molar-refractivity contribution >= 4 is 11.7 Å². The Bertz CT molecular complexity index is 578. The van der Waals surface area contributed by atoms with Gasteiger partial charge in [-0.15, -0.1) is 0 Å². The summed E-state index contributed by atoms with van der Waals surface area (Å²) in [5, 5.41) is 6.79. The summed E-state index contributed by atoms with van der Waals surface area (Å²) in [6.07, 6.45) is 0. The van der Waals surface area contributed by atoms with Crippen molar-refractivity contribution in [2.24, 2.45) is 7.05 Å². The molecule has 1 N–H and O–H groups in total. The second kappa shape index (κ2) is 5.51. The monoisotopic (exact) mass is 263 g/mol. The molecule has 0 saturated heterocycles. The molecule has 0 spiro atoms. The molecule has 0 saturated carbocycles. The average molecular weight is 263 g/mol. The molecule has 0 aliphatic carbocycles. The number of carbonyl (C=O) groups excluding carboxylic acids is 1. The summed E-state index contributed by atoms with van der Waals surface area (Å²) < 4.78 is 19.5. The van der Waals surface area contributed by atoms with Crippen molar-refractivity contribution in [1.82, 2.24) is 9.78 Å². The van der Waals surface area contributed by atoms with E-state index in [1.165, 1.54) is 24.3 Å². The molecule has 1 aromatic carbocycles. The van der Waals surface area contributed by atoms with Crippen LogP contribution in [-0.4, -0.2) is 22.3 Å². The number of aromatic nitrogens is 2. The molecule has 2 rings (SSSR count). The standard InChI is InChI=1S/C13H14FN3O2/c1-9-7-12(17(2)16-9)15-13(18)8-19-11-5-3-10(14)4-6-11/h3-7H,8H2,1-2H3,(H,15,18). The molecule has 100 valence electrons. The van der Waals surface area contributed by atoms with Crippen LogP contribution >= 0.6 is 0 Å². The van der Waals surface area contributed by atoms with E-state index in [0.717, 1.165) is 5.69 Å². The Labute approximate surface area is 110 Å². The third-order valence-corrected chi connectivity index (χ3v) is 2.45. The predicted molar refractivity (Wildman–Crippen MR) is 68.5 cm³/mol. The van der Waals surface area contributed by atoms with Gasteiger partial charge in [-0.1, -0.05) is 0 Å². The van der Waals surface area contributed by atoms with E-state index in [1.807, 2.05) is 6.92 Å². The zero-order chi connectivity index (χ0) is 13.8. The number of benzene rings is 1. The first-order chi connectivity index (χ1) is 9.04. The van der Waals surface area contributed by atoms with E-state index in [9.17, 15) is 9.18 Å². The van der Waals surface area contributed by atoms with E-state index >= 15 is 0 Å². The van der Waals surface area contributed by atoms with Crippen LogP contribution in [0.1, 0.15) is 5.69 Å². The van der Waals surface area contributed by atoms with Gasteiger partial charge in [0, 0.05) is 13.1 Å². The zero-order valence-electron chi connectivity index (χ0n) is 10.7. The van der Waals surface area contributed by atoms with E-state index in [4.69, 9.17) is 4.74 Å². The van der Waals surface area contributed by atoms with Crippen LogP contribution in [0.2, 0.25) is 0 Å². The smallest absolute Gasteiger partial charge is 0.263 e. The first-order valence-corrected chi connectivity index (χ1v) is 5.73. The van der Waals surface area contributed by atoms with Crippen molar-refractivity contribution < 1.29 is 13.9 Å². The molecule has 0 aliphatic rings. The number of nitrogens with one attached hydrogen (secondary N) is 1. The normalized spacial score (nSPS) is 10.3. The first-order valence-electron chi connectivity index (χ1n) is 5.73. The van der Waals surface area contributed by atoms with E-state index < -0.39 is 0 Å². The second-order valence-corrected chi connectivity index (χ2v) is 4.09. The van der Waals surface area contributed by atoms with Crippen LogP contribution < -0.4 is 10.1 Å². The van der Waals surface area contributed by atoms with Crippen molar-refractivity contribution in [3.63, 3.8) is 0 Å². The molecule has 1 aromatic heterocycles. The van der Waals surface area contributed by atoms with Gasteiger partial charge in [0.2, 0.25) is 0 Å². The Morgan fingerprint density at radius 2 is 2.11 bits per heavy atom. The quantitative estimate of drug-likeness (QED) is 0.916. The van der Waals surface area contributed by atoms with E-state index in [0.29, 0.717) is 11.6 Å². The third-order valence-electron chi connectivity index (χ3n) is 2.45. The lowest BCUT2D eigenvalue weighted by molar-refractivity contribution is -0.118. The van der Waals surface area contributed by atoms with E-state index in [-0.39, 0.29) is 18.3 Å². The fourth-order valence-electron chi connectivity index (χ4n) is 1.59. The second-order valence-electron chi connectivity index (χ2n) is 4.09. The minimum Gasteiger partial charge on any atom is -0.484 e. The molecule has 0 atom stereocenters. The maximum Gasteiger partial charge on any atom is 0.263 e. The molecular weight excluding hydrogens is 249 g/mol. The average Bonchev–Trinajstić information content (AvgIpc) is 2.67. The molecule has 2 aromatic rings. The van der Waals surface area contributed by atoms with Gasteiger partial charge in [-0.05, 0) is 31.2 Å². The van der Waals surface area contributed by atoms with Gasteiger partial charge in [0.15, 0.2) is 6.61 Å². The molecule has 0 fully saturated rings. The number of aryl methyl sites for hydroxylation is 2. The van der Waals surface area contributed by atoms with Crippen molar-refractivity contribution in [3.8, 4) is 5.75 Å². The lowest BCUT2D eigenvalue weighted by Crippen LogP contribution is -2.21. The molecule has 0 unspecified atom stereocenters. The highest BCUT2D eigenvalue weighted by Gasteiger charge is 2.07. The van der Waals surface area contributed by atoms with Crippen LogP contribution in [0.15, 0.2) is 30.3 Å². The van der Waals surface area contributed by atoms with Crippen LogP contribution in [0.4, 0.5) is 10.2 Å². The topological polar surface area (TPSA) is 56.1 Å². The van der Waals surface area contributed by atoms with Crippen LogP contribution in [-0.2, 0) is 11.8 Å². The Balaban J connectivity index is 1.88. The number of rotatable bonds is 4. The molecule has 19 heavy (non-hydrogen) atoms. The molecule has 1 heterocycles. The summed E-state index contributed by atoms with van der Waals surface area (Å²) in [5.41, 5.74) is 0.817. The molecule has 5 nitrogen and oxygen atoms in total. The molecule has 0 bridgehead atoms. The Morgan fingerprint density at radius 3 is 2.68 bits per heavy atom. The number of hydrogen-bond acceptors (Lipinski definition) is 3. The third kappa shape index (κ3) is 3.54. The molecular formula is C13H14FN3O2. The largest absolute Gasteiger partial charge is 0.484 e. The van der Waals surface area contributed by atoms with E-state index in [1.54, 1.807) is 17.8 Å². The fraction of sp³-hybridized carbons (Fsp3) is 0.231. The van der Waals surface area contributed by atoms with Crippen molar-refractivity contribution in [1.29, 1.82) is 0 Å². The summed E-state index contributed by atoms with van der Waals surface area (Å²) in [7, 11) is 1.74. The van der Waals surface area contributed by atoms with Gasteiger partial charge in [-0.2, -0.15) is 5.10 Å². The zero-order valence-corrected chi connectivity index (χ0v) is 10.7. The van der Waals surface area contributed by atoms with Gasteiger partial charge in [0.1, 0.15) is 17.4 Å². The van der Waals surface area contributed by atoms with Crippen molar-refractivity contribution in [3.05, 3.63) is 41.8 Å². The van der Waals surface area contributed by atoms with Gasteiger partial charge >= 0.3 is 0 Å². The summed E-state index contributed by atoms with van der Waals surface area (Å²) in [6.45, 7) is 1.69. The Hall–Kier alpha value is -2.37. The Kier molecular flexibility index (Phi) is 3.79. The SMILES string of the molecule is Cc1cc(NC(=O)COc2ccc(F)cc2)n(C)n1. The molecule has 6 heteroatoms. The predicted octanol–water partition coefficient (Wildman–Crippen LogP) is 1.89. The number of carbonyl (C=O) groups is 1. The van der Waals surface area contributed by atoms with E-state index in [2.05, 4.69) is 10.4 Å². The summed E-state index contributed by atoms with van der Waals surface area (Å²) in [6, 6.07) is 7.25. The minimum absolute atomic E-state index is 0.143. The number of halogens is 1. The summed E-state index contributed by atoms with van der Waals surface area (Å²) in [5.74, 6) is 0.400. The van der Waals surface area contributed by atoms with Crippen LogP contribution in [0.3, 0.4) is 0 Å². The molecule has 0 aliphatic heterocycles. The van der Waals surface area contributed by atoms with Gasteiger partial charge in [-0.25, -0.2) is 4.39 Å². The maximum atomic E-state index is 12.7. The van der Waals surface area contributed by atoms with Gasteiger partial charge in [-0.3, -0.25) is 9.48 Å². The number of amides is 1. The van der Waals surface area contributed by atoms with Gasteiger partial charge in [0.05, 0.1) is 5.69 Å². The van der Waals surface area contributed by atoms with Crippen molar-refractivity contribution in [2.75, 3.05) is 11.9 Å².